The lowest BCUT2D eigenvalue weighted by molar-refractivity contribution is -0.137. The minimum Gasteiger partial charge on any atom is -0.166 e. The quantitative estimate of drug-likeness (QED) is 0.499. The predicted octanol–water partition coefficient (Wildman–Crippen LogP) is 5.06. The van der Waals surface area contributed by atoms with Crippen LogP contribution in [-0.2, 0) is 6.18 Å². The summed E-state index contributed by atoms with van der Waals surface area (Å²) in [5.74, 6) is 3.12. The molecule has 104 valence electrons. The van der Waals surface area contributed by atoms with Crippen LogP contribution in [0.15, 0.2) is 18.2 Å². The van der Waals surface area contributed by atoms with Crippen molar-refractivity contribution in [3.8, 4) is 11.5 Å². The van der Waals surface area contributed by atoms with E-state index in [9.17, 15) is 13.2 Å². The van der Waals surface area contributed by atoms with E-state index in [1.54, 1.807) is 6.07 Å². The number of hydrogen-bond donors (Lipinski definition) is 0. The van der Waals surface area contributed by atoms with Crippen molar-refractivity contribution in [2.75, 3.05) is 0 Å². The highest BCUT2D eigenvalue weighted by Crippen LogP contribution is 2.32. The fraction of sp³-hybridized carbons (Fsp3) is 0.467. The molecule has 0 radical (unpaired) electrons. The molecule has 1 aromatic rings. The first-order valence-corrected chi connectivity index (χ1v) is 9.75. The van der Waals surface area contributed by atoms with Gasteiger partial charge in [0.25, 0.3) is 0 Å². The Hall–Kier alpha value is -1.21. The molecule has 19 heavy (non-hydrogen) atoms. The number of rotatable bonds is 1. The van der Waals surface area contributed by atoms with Crippen molar-refractivity contribution in [2.45, 2.75) is 45.6 Å². The van der Waals surface area contributed by atoms with Gasteiger partial charge in [-0.25, -0.2) is 0 Å². The molecule has 0 aliphatic heterocycles. The zero-order chi connectivity index (χ0) is 14.8. The molecular formula is C15H19F3Si. The molecule has 0 aliphatic carbocycles. The Labute approximate surface area is 114 Å². The molecule has 0 amide bonds. The average Bonchev–Trinajstić information content (AvgIpc) is 2.23. The molecule has 0 bridgehead atoms. The first-order chi connectivity index (χ1) is 8.50. The summed E-state index contributed by atoms with van der Waals surface area (Å²) in [6.07, 6.45) is -4.31. The monoisotopic (exact) mass is 284 g/mol. The van der Waals surface area contributed by atoms with E-state index in [0.717, 1.165) is 11.6 Å². The molecule has 1 rings (SSSR count). The summed E-state index contributed by atoms with van der Waals surface area (Å²) in [5.41, 5.74) is 3.89. The number of halogens is 3. The molecule has 0 N–H and O–H groups in total. The Morgan fingerprint density at radius 1 is 1.11 bits per heavy atom. The molecule has 1 aromatic carbocycles. The summed E-state index contributed by atoms with van der Waals surface area (Å²) in [4.78, 5) is 0. The zero-order valence-electron chi connectivity index (χ0n) is 11.9. The zero-order valence-corrected chi connectivity index (χ0v) is 12.9. The van der Waals surface area contributed by atoms with Gasteiger partial charge in [-0.3, -0.25) is 0 Å². The van der Waals surface area contributed by atoms with Gasteiger partial charge in [-0.2, -0.15) is 13.2 Å². The second-order valence-corrected chi connectivity index (χ2v) is 10.7. The smallest absolute Gasteiger partial charge is 0.166 e. The van der Waals surface area contributed by atoms with Gasteiger partial charge >= 0.3 is 6.18 Å². The van der Waals surface area contributed by atoms with Crippen LogP contribution in [-0.4, -0.2) is 8.07 Å². The second kappa shape index (κ2) is 5.42. The summed E-state index contributed by atoms with van der Waals surface area (Å²) in [5, 5.41) is 0. The summed E-state index contributed by atoms with van der Waals surface area (Å²) in [7, 11) is -1.60. The van der Waals surface area contributed by atoms with Gasteiger partial charge in [0.05, 0.1) is 5.56 Å². The molecule has 0 heterocycles. The second-order valence-electron chi connectivity index (χ2n) is 5.95. The molecule has 0 aromatic heterocycles. The van der Waals surface area contributed by atoms with Crippen LogP contribution in [0.3, 0.4) is 0 Å². The van der Waals surface area contributed by atoms with Crippen molar-refractivity contribution in [2.24, 2.45) is 0 Å². The first-order valence-electron chi connectivity index (χ1n) is 6.25. The Morgan fingerprint density at radius 2 is 1.68 bits per heavy atom. The number of hydrogen-bond acceptors (Lipinski definition) is 0. The fourth-order valence-electron chi connectivity index (χ4n) is 1.60. The third-order valence-corrected chi connectivity index (χ3v) is 3.45. The van der Waals surface area contributed by atoms with Gasteiger partial charge < -0.3 is 0 Å². The van der Waals surface area contributed by atoms with E-state index in [-0.39, 0.29) is 5.92 Å². The Morgan fingerprint density at radius 3 is 2.11 bits per heavy atom. The highest BCUT2D eigenvalue weighted by atomic mass is 28.3. The van der Waals surface area contributed by atoms with Crippen LogP contribution in [0.1, 0.15) is 36.5 Å². The van der Waals surface area contributed by atoms with E-state index in [1.165, 1.54) is 6.07 Å². The van der Waals surface area contributed by atoms with E-state index in [4.69, 9.17) is 0 Å². The Kier molecular flexibility index (Phi) is 4.52. The van der Waals surface area contributed by atoms with E-state index in [2.05, 4.69) is 31.1 Å². The third-order valence-electron chi connectivity index (χ3n) is 2.57. The summed E-state index contributed by atoms with van der Waals surface area (Å²) < 4.78 is 38.2. The van der Waals surface area contributed by atoms with E-state index in [1.807, 2.05) is 13.8 Å². The largest absolute Gasteiger partial charge is 0.416 e. The fourth-order valence-corrected chi connectivity index (χ4v) is 2.11. The molecule has 0 spiro atoms. The maximum Gasteiger partial charge on any atom is 0.416 e. The maximum absolute atomic E-state index is 12.7. The van der Waals surface area contributed by atoms with Gasteiger partial charge in [-0.1, -0.05) is 45.5 Å². The highest BCUT2D eigenvalue weighted by Gasteiger charge is 2.31. The maximum atomic E-state index is 12.7. The van der Waals surface area contributed by atoms with Crippen LogP contribution < -0.4 is 0 Å². The van der Waals surface area contributed by atoms with E-state index >= 15 is 0 Å². The van der Waals surface area contributed by atoms with E-state index in [0.29, 0.717) is 5.56 Å². The molecule has 0 nitrogen and oxygen atoms in total. The summed E-state index contributed by atoms with van der Waals surface area (Å²) in [6, 6.07) is 3.85. The van der Waals surface area contributed by atoms with Gasteiger partial charge in [0.15, 0.2) is 0 Å². The molecule has 0 atom stereocenters. The van der Waals surface area contributed by atoms with Gasteiger partial charge in [0.2, 0.25) is 0 Å². The van der Waals surface area contributed by atoms with Gasteiger partial charge in [0.1, 0.15) is 8.07 Å². The minimum atomic E-state index is -4.31. The van der Waals surface area contributed by atoms with Gasteiger partial charge in [0, 0.05) is 5.56 Å². The first kappa shape index (κ1) is 15.8. The van der Waals surface area contributed by atoms with Crippen molar-refractivity contribution < 1.29 is 13.2 Å². The van der Waals surface area contributed by atoms with Gasteiger partial charge in [-0.05, 0) is 23.6 Å². The summed E-state index contributed by atoms with van der Waals surface area (Å²) in [6.45, 7) is 10.1. The highest BCUT2D eigenvalue weighted by molar-refractivity contribution is 6.83. The lowest BCUT2D eigenvalue weighted by Gasteiger charge is -2.13. The molecule has 0 aliphatic rings. The molecule has 4 heteroatoms. The third kappa shape index (κ3) is 4.75. The van der Waals surface area contributed by atoms with Crippen molar-refractivity contribution in [1.29, 1.82) is 0 Å². The summed E-state index contributed by atoms with van der Waals surface area (Å²) >= 11 is 0. The van der Waals surface area contributed by atoms with Crippen molar-refractivity contribution >= 4 is 8.07 Å². The van der Waals surface area contributed by atoms with Crippen LogP contribution in [0, 0.1) is 11.5 Å². The van der Waals surface area contributed by atoms with Crippen LogP contribution in [0.5, 0.6) is 0 Å². The predicted molar refractivity (Wildman–Crippen MR) is 75.8 cm³/mol. The van der Waals surface area contributed by atoms with Crippen molar-refractivity contribution in [3.63, 3.8) is 0 Å². The molecule has 0 unspecified atom stereocenters. The van der Waals surface area contributed by atoms with Gasteiger partial charge in [-0.15, -0.1) is 5.54 Å². The topological polar surface area (TPSA) is 0 Å². The van der Waals surface area contributed by atoms with Crippen molar-refractivity contribution in [1.82, 2.24) is 0 Å². The minimum absolute atomic E-state index is 0.160. The molecular weight excluding hydrogens is 265 g/mol. The average molecular weight is 284 g/mol. The molecule has 0 saturated heterocycles. The standard InChI is InChI=1S/C15H19F3Si/c1-11(2)14-7-6-13(15(16,17)18)10-12(14)8-9-19(3,4)5/h6-7,10-11H,1-5H3. The Bertz CT molecular complexity index is 511. The van der Waals surface area contributed by atoms with Crippen LogP contribution in [0.4, 0.5) is 13.2 Å². The van der Waals surface area contributed by atoms with Crippen molar-refractivity contribution in [3.05, 3.63) is 34.9 Å². The number of benzene rings is 1. The lowest BCUT2D eigenvalue weighted by Crippen LogP contribution is -2.16. The number of alkyl halides is 3. The lowest BCUT2D eigenvalue weighted by atomic mass is 9.95. The van der Waals surface area contributed by atoms with Crippen LogP contribution >= 0.6 is 0 Å². The molecule has 0 saturated carbocycles. The van der Waals surface area contributed by atoms with E-state index < -0.39 is 19.8 Å². The molecule has 0 fully saturated rings. The van der Waals surface area contributed by atoms with Crippen LogP contribution in [0.2, 0.25) is 19.6 Å². The normalized spacial score (nSPS) is 12.3. The van der Waals surface area contributed by atoms with Crippen LogP contribution in [0.25, 0.3) is 0 Å². The SMILES string of the molecule is CC(C)c1ccc(C(F)(F)F)cc1C#C[Si](C)(C)C. The Balaban J connectivity index is 3.35.